The average Bonchev–Trinajstić information content (AvgIpc) is 2.98. The van der Waals surface area contributed by atoms with Gasteiger partial charge in [0.25, 0.3) is 5.91 Å². The minimum Gasteiger partial charge on any atom is -0.340 e. The van der Waals surface area contributed by atoms with Crippen molar-refractivity contribution in [3.05, 3.63) is 23.3 Å². The second kappa shape index (κ2) is 5.39. The summed E-state index contributed by atoms with van der Waals surface area (Å²) in [5.74, 6) is 0.236. The first-order chi connectivity index (χ1) is 8.70. The molecule has 1 atom stereocenters. The fourth-order valence-corrected chi connectivity index (χ4v) is 1.64. The molecule has 2 aromatic heterocycles. The molecule has 8 nitrogen and oxygen atoms in total. The molecule has 0 aliphatic carbocycles. The van der Waals surface area contributed by atoms with Crippen LogP contribution in [0.15, 0.2) is 6.07 Å². The van der Waals surface area contributed by atoms with Crippen molar-refractivity contribution in [3.8, 4) is 0 Å². The molecule has 2 aromatic rings. The Bertz CT molecular complexity index is 504. The quantitative estimate of drug-likeness (QED) is 0.714. The summed E-state index contributed by atoms with van der Waals surface area (Å²) in [6, 6.07) is 1.44. The van der Waals surface area contributed by atoms with Crippen LogP contribution >= 0.6 is 0 Å². The summed E-state index contributed by atoms with van der Waals surface area (Å²) in [7, 11) is 0. The van der Waals surface area contributed by atoms with Crippen LogP contribution in [0.25, 0.3) is 0 Å². The first kappa shape index (κ1) is 12.2. The van der Waals surface area contributed by atoms with Crippen LogP contribution in [0.2, 0.25) is 0 Å². The third-order valence-corrected chi connectivity index (χ3v) is 2.49. The molecule has 1 amide bonds. The summed E-state index contributed by atoms with van der Waals surface area (Å²) in [5.41, 5.74) is 1.20. The van der Waals surface area contributed by atoms with E-state index in [1.165, 1.54) is 0 Å². The molecule has 0 radical (unpaired) electrons. The highest BCUT2D eigenvalue weighted by atomic mass is 16.2. The number of aryl methyl sites for hydroxylation is 1. The minimum atomic E-state index is -0.252. The van der Waals surface area contributed by atoms with Gasteiger partial charge < -0.3 is 5.32 Å². The summed E-state index contributed by atoms with van der Waals surface area (Å²) in [6.07, 6.45) is 1.65. The number of hydrogen-bond donors (Lipinski definition) is 3. The van der Waals surface area contributed by atoms with Crippen LogP contribution in [0, 0.1) is 6.92 Å². The van der Waals surface area contributed by atoms with Crippen LogP contribution in [0.1, 0.15) is 47.8 Å². The minimum absolute atomic E-state index is 0.248. The van der Waals surface area contributed by atoms with Gasteiger partial charge in [-0.2, -0.15) is 10.3 Å². The molecule has 0 aromatic carbocycles. The lowest BCUT2D eigenvalue weighted by Crippen LogP contribution is -2.29. The molecule has 0 unspecified atom stereocenters. The normalized spacial score (nSPS) is 12.3. The van der Waals surface area contributed by atoms with E-state index in [9.17, 15) is 4.79 Å². The van der Waals surface area contributed by atoms with Crippen LogP contribution < -0.4 is 5.32 Å². The monoisotopic (exact) mass is 249 g/mol. The molecule has 2 rings (SSSR count). The Morgan fingerprint density at radius 2 is 2.33 bits per heavy atom. The number of aromatic amines is 2. The first-order valence-corrected chi connectivity index (χ1v) is 5.77. The Hall–Kier alpha value is -2.25. The molecule has 0 saturated carbocycles. The number of nitrogens with zero attached hydrogens (tertiary/aromatic N) is 4. The van der Waals surface area contributed by atoms with Crippen LogP contribution in [-0.2, 0) is 0 Å². The summed E-state index contributed by atoms with van der Waals surface area (Å²) in [6.45, 7) is 3.87. The van der Waals surface area contributed by atoms with E-state index in [1.807, 2.05) is 13.8 Å². The van der Waals surface area contributed by atoms with Gasteiger partial charge in [-0.15, -0.1) is 10.2 Å². The van der Waals surface area contributed by atoms with Crippen molar-refractivity contribution >= 4 is 5.91 Å². The molecule has 3 N–H and O–H groups in total. The maximum absolute atomic E-state index is 12.0. The van der Waals surface area contributed by atoms with E-state index in [1.54, 1.807) is 6.07 Å². The summed E-state index contributed by atoms with van der Waals surface area (Å²) >= 11 is 0. The van der Waals surface area contributed by atoms with Crippen LogP contribution in [0.3, 0.4) is 0 Å². The maximum atomic E-state index is 12.0. The first-order valence-electron chi connectivity index (χ1n) is 5.77. The van der Waals surface area contributed by atoms with Gasteiger partial charge in [0.2, 0.25) is 0 Å². The number of H-pyrrole nitrogens is 2. The number of tetrazole rings is 1. The Labute approximate surface area is 104 Å². The number of amides is 1. The molecule has 96 valence electrons. The van der Waals surface area contributed by atoms with Crippen molar-refractivity contribution in [1.29, 1.82) is 0 Å². The summed E-state index contributed by atoms with van der Waals surface area (Å²) in [5, 5.41) is 23.2. The Balaban J connectivity index is 2.07. The number of rotatable bonds is 5. The van der Waals surface area contributed by atoms with Crippen molar-refractivity contribution in [2.45, 2.75) is 32.7 Å². The van der Waals surface area contributed by atoms with Crippen LogP contribution in [0.5, 0.6) is 0 Å². The van der Waals surface area contributed by atoms with Gasteiger partial charge in [0.15, 0.2) is 5.82 Å². The summed E-state index contributed by atoms with van der Waals surface area (Å²) < 4.78 is 0. The topological polar surface area (TPSA) is 112 Å². The van der Waals surface area contributed by atoms with E-state index in [2.05, 4.69) is 36.1 Å². The zero-order valence-corrected chi connectivity index (χ0v) is 10.3. The number of hydrogen-bond acceptors (Lipinski definition) is 5. The second-order valence-corrected chi connectivity index (χ2v) is 4.02. The van der Waals surface area contributed by atoms with E-state index < -0.39 is 0 Å². The largest absolute Gasteiger partial charge is 0.340 e. The van der Waals surface area contributed by atoms with Gasteiger partial charge in [0.1, 0.15) is 5.69 Å². The molecular weight excluding hydrogens is 234 g/mol. The molecule has 0 fully saturated rings. The van der Waals surface area contributed by atoms with Gasteiger partial charge in [0.05, 0.1) is 6.04 Å². The number of nitrogens with one attached hydrogen (secondary N) is 3. The van der Waals surface area contributed by atoms with Gasteiger partial charge in [-0.3, -0.25) is 9.89 Å². The molecule has 0 aliphatic rings. The number of carbonyl (C=O) groups excluding carboxylic acids is 1. The molecule has 0 saturated heterocycles. The fraction of sp³-hybridized carbons (Fsp3) is 0.500. The zero-order chi connectivity index (χ0) is 13.0. The molecule has 0 bridgehead atoms. The number of aromatic nitrogens is 6. The maximum Gasteiger partial charge on any atom is 0.272 e. The molecule has 0 spiro atoms. The second-order valence-electron chi connectivity index (χ2n) is 4.02. The van der Waals surface area contributed by atoms with E-state index in [0.717, 1.165) is 18.5 Å². The fourth-order valence-electron chi connectivity index (χ4n) is 1.64. The lowest BCUT2D eigenvalue weighted by Gasteiger charge is -2.13. The average molecular weight is 249 g/mol. The molecule has 0 aliphatic heterocycles. The van der Waals surface area contributed by atoms with Gasteiger partial charge in [-0.1, -0.05) is 18.6 Å². The standard InChI is InChI=1S/C10H15N7O/c1-3-4-7(9-14-16-17-15-9)11-10(18)8-5-6(2)12-13-8/h5,7H,3-4H2,1-2H3,(H,11,18)(H,12,13)(H,14,15,16,17)/t7-/m1/s1. The highest BCUT2D eigenvalue weighted by Gasteiger charge is 2.19. The van der Waals surface area contributed by atoms with Crippen LogP contribution in [0.4, 0.5) is 0 Å². The molecule has 2 heterocycles. The van der Waals surface area contributed by atoms with E-state index in [4.69, 9.17) is 0 Å². The van der Waals surface area contributed by atoms with E-state index >= 15 is 0 Å². The third kappa shape index (κ3) is 2.70. The number of carbonyl (C=O) groups is 1. The van der Waals surface area contributed by atoms with Crippen LogP contribution in [-0.4, -0.2) is 36.7 Å². The van der Waals surface area contributed by atoms with Crippen molar-refractivity contribution in [2.75, 3.05) is 0 Å². The van der Waals surface area contributed by atoms with Crippen molar-refractivity contribution < 1.29 is 4.79 Å². The van der Waals surface area contributed by atoms with Gasteiger partial charge >= 0.3 is 0 Å². The summed E-state index contributed by atoms with van der Waals surface area (Å²) in [4.78, 5) is 12.0. The van der Waals surface area contributed by atoms with Crippen molar-refractivity contribution in [1.82, 2.24) is 36.1 Å². The van der Waals surface area contributed by atoms with E-state index in [-0.39, 0.29) is 11.9 Å². The van der Waals surface area contributed by atoms with Crippen molar-refractivity contribution in [2.24, 2.45) is 0 Å². The Kier molecular flexibility index (Phi) is 3.66. The molecular formula is C10H15N7O. The predicted molar refractivity (Wildman–Crippen MR) is 62.6 cm³/mol. The lowest BCUT2D eigenvalue weighted by atomic mass is 10.1. The molecule has 8 heteroatoms. The molecule has 18 heavy (non-hydrogen) atoms. The zero-order valence-electron chi connectivity index (χ0n) is 10.3. The lowest BCUT2D eigenvalue weighted by molar-refractivity contribution is 0.0927. The highest BCUT2D eigenvalue weighted by molar-refractivity contribution is 5.92. The Morgan fingerprint density at radius 3 is 2.89 bits per heavy atom. The predicted octanol–water partition coefficient (Wildman–Crippen LogP) is 0.502. The van der Waals surface area contributed by atoms with Gasteiger partial charge in [-0.05, 0) is 19.4 Å². The van der Waals surface area contributed by atoms with Gasteiger partial charge in [-0.25, -0.2) is 0 Å². The SMILES string of the molecule is CCC[C@@H](NC(=O)c1cc(C)[nH]n1)c1nn[nH]n1. The van der Waals surface area contributed by atoms with Gasteiger partial charge in [0, 0.05) is 5.69 Å². The highest BCUT2D eigenvalue weighted by Crippen LogP contribution is 2.13. The van der Waals surface area contributed by atoms with E-state index in [0.29, 0.717) is 11.5 Å². The smallest absolute Gasteiger partial charge is 0.272 e. The third-order valence-electron chi connectivity index (χ3n) is 2.49. The Morgan fingerprint density at radius 1 is 1.50 bits per heavy atom. The van der Waals surface area contributed by atoms with Crippen molar-refractivity contribution in [3.63, 3.8) is 0 Å².